The van der Waals surface area contributed by atoms with E-state index in [-0.39, 0.29) is 5.82 Å². The van der Waals surface area contributed by atoms with Gasteiger partial charge in [-0.1, -0.05) is 63.1 Å². The quantitative estimate of drug-likeness (QED) is 0.719. The Morgan fingerprint density at radius 3 is 2.08 bits per heavy atom. The second-order valence-corrected chi connectivity index (χ2v) is 7.79. The highest BCUT2D eigenvalue weighted by Gasteiger charge is 2.24. The molecule has 0 radical (unpaired) electrons. The minimum absolute atomic E-state index is 0.160. The molecule has 0 heterocycles. The second kappa shape index (κ2) is 9.29. The number of rotatable bonds is 7. The Morgan fingerprint density at radius 1 is 0.885 bits per heavy atom. The van der Waals surface area contributed by atoms with Crippen molar-refractivity contribution in [3.63, 3.8) is 0 Å². The molecule has 0 amide bonds. The van der Waals surface area contributed by atoms with Gasteiger partial charge in [0.05, 0.1) is 0 Å². The van der Waals surface area contributed by atoms with Gasteiger partial charge in [0.1, 0.15) is 5.82 Å². The number of hydrogen-bond donors (Lipinski definition) is 2. The van der Waals surface area contributed by atoms with Crippen LogP contribution in [0.15, 0.2) is 48.5 Å². The van der Waals surface area contributed by atoms with Gasteiger partial charge in [-0.2, -0.15) is 0 Å². The lowest BCUT2D eigenvalue weighted by molar-refractivity contribution is 0.281. The van der Waals surface area contributed by atoms with Crippen molar-refractivity contribution in [2.24, 2.45) is 0 Å². The molecule has 1 saturated carbocycles. The fourth-order valence-corrected chi connectivity index (χ4v) is 3.78. The molecule has 2 nitrogen and oxygen atoms in total. The van der Waals surface area contributed by atoms with Crippen LogP contribution in [0.3, 0.4) is 0 Å². The van der Waals surface area contributed by atoms with Crippen molar-refractivity contribution < 1.29 is 4.39 Å². The molecule has 0 aromatic heterocycles. The normalized spacial score (nSPS) is 20.5. The number of benzene rings is 2. The van der Waals surface area contributed by atoms with Crippen molar-refractivity contribution >= 4 is 0 Å². The highest BCUT2D eigenvalue weighted by Crippen LogP contribution is 2.20. The van der Waals surface area contributed by atoms with Crippen LogP contribution in [0.2, 0.25) is 0 Å². The van der Waals surface area contributed by atoms with Crippen LogP contribution < -0.4 is 10.6 Å². The van der Waals surface area contributed by atoms with Crippen LogP contribution in [-0.2, 0) is 13.1 Å². The first-order valence-electron chi connectivity index (χ1n) is 9.92. The molecule has 2 aromatic rings. The lowest BCUT2D eigenvalue weighted by atomic mass is 9.90. The smallest absolute Gasteiger partial charge is 0.123 e. The highest BCUT2D eigenvalue weighted by atomic mass is 19.1. The van der Waals surface area contributed by atoms with Crippen LogP contribution in [0.25, 0.3) is 0 Å². The van der Waals surface area contributed by atoms with E-state index in [4.69, 9.17) is 0 Å². The van der Waals surface area contributed by atoms with Crippen LogP contribution in [0, 0.1) is 5.82 Å². The molecule has 1 fully saturated rings. The first-order valence-corrected chi connectivity index (χ1v) is 9.92. The molecule has 2 aromatic carbocycles. The third-order valence-electron chi connectivity index (χ3n) is 5.44. The first-order chi connectivity index (χ1) is 12.6. The zero-order chi connectivity index (χ0) is 18.4. The summed E-state index contributed by atoms with van der Waals surface area (Å²) in [6, 6.07) is 16.8. The van der Waals surface area contributed by atoms with E-state index in [1.165, 1.54) is 42.9 Å². The molecule has 1 aliphatic rings. The Labute approximate surface area is 157 Å². The molecule has 0 bridgehead atoms. The maximum atomic E-state index is 13.4. The van der Waals surface area contributed by atoms with Crippen LogP contribution in [0.5, 0.6) is 0 Å². The lowest BCUT2D eigenvalue weighted by Crippen LogP contribution is -2.49. The topological polar surface area (TPSA) is 24.1 Å². The maximum Gasteiger partial charge on any atom is 0.123 e. The Bertz CT molecular complexity index is 681. The van der Waals surface area contributed by atoms with Gasteiger partial charge >= 0.3 is 0 Å². The van der Waals surface area contributed by atoms with Gasteiger partial charge in [-0.15, -0.1) is 0 Å². The summed E-state index contributed by atoms with van der Waals surface area (Å²) in [6.07, 6.45) is 4.92. The monoisotopic (exact) mass is 354 g/mol. The van der Waals surface area contributed by atoms with Gasteiger partial charge in [-0.05, 0) is 47.6 Å². The van der Waals surface area contributed by atoms with E-state index >= 15 is 0 Å². The molecule has 0 aliphatic heterocycles. The minimum Gasteiger partial charge on any atom is -0.308 e. The predicted octanol–water partition coefficient (Wildman–Crippen LogP) is 5.14. The fraction of sp³-hybridized carbons (Fsp3) is 0.478. The molecule has 2 N–H and O–H groups in total. The van der Waals surface area contributed by atoms with Crippen molar-refractivity contribution in [3.8, 4) is 0 Å². The molecule has 140 valence electrons. The summed E-state index contributed by atoms with van der Waals surface area (Å²) < 4.78 is 13.4. The lowest BCUT2D eigenvalue weighted by Gasteiger charge is -2.33. The average Bonchev–Trinajstić information content (AvgIpc) is 2.66. The SMILES string of the molecule is CC(C)c1ccc(CNC2CCCCC2NCc2cccc(F)c2)cc1. The fourth-order valence-electron chi connectivity index (χ4n) is 3.78. The molecule has 2 atom stereocenters. The minimum atomic E-state index is -0.160. The molecule has 0 spiro atoms. The molecule has 3 heteroatoms. The van der Waals surface area contributed by atoms with Gasteiger partial charge in [0, 0.05) is 25.2 Å². The molecular weight excluding hydrogens is 323 g/mol. The van der Waals surface area contributed by atoms with Crippen molar-refractivity contribution in [1.82, 2.24) is 10.6 Å². The van der Waals surface area contributed by atoms with Crippen molar-refractivity contribution in [3.05, 3.63) is 71.0 Å². The van der Waals surface area contributed by atoms with Crippen molar-refractivity contribution in [2.45, 2.75) is 70.6 Å². The van der Waals surface area contributed by atoms with E-state index in [9.17, 15) is 4.39 Å². The van der Waals surface area contributed by atoms with Crippen LogP contribution in [0.4, 0.5) is 4.39 Å². The zero-order valence-corrected chi connectivity index (χ0v) is 16.0. The summed E-state index contributed by atoms with van der Waals surface area (Å²) >= 11 is 0. The summed E-state index contributed by atoms with van der Waals surface area (Å²) in [7, 11) is 0. The van der Waals surface area contributed by atoms with Gasteiger partial charge in [-0.3, -0.25) is 0 Å². The Hall–Kier alpha value is -1.71. The highest BCUT2D eigenvalue weighted by molar-refractivity contribution is 5.24. The third kappa shape index (κ3) is 5.39. The van der Waals surface area contributed by atoms with Crippen molar-refractivity contribution in [1.29, 1.82) is 0 Å². The van der Waals surface area contributed by atoms with E-state index in [1.807, 2.05) is 6.07 Å². The van der Waals surface area contributed by atoms with Gasteiger partial charge in [0.25, 0.3) is 0 Å². The summed E-state index contributed by atoms with van der Waals surface area (Å²) in [5.41, 5.74) is 3.74. The largest absolute Gasteiger partial charge is 0.308 e. The number of nitrogens with one attached hydrogen (secondary N) is 2. The second-order valence-electron chi connectivity index (χ2n) is 7.79. The Kier molecular flexibility index (Phi) is 6.81. The maximum absolute atomic E-state index is 13.4. The summed E-state index contributed by atoms with van der Waals surface area (Å²) in [6.45, 7) is 6.08. The van der Waals surface area contributed by atoms with Crippen LogP contribution in [0.1, 0.15) is 62.1 Å². The van der Waals surface area contributed by atoms with E-state index in [1.54, 1.807) is 12.1 Å². The van der Waals surface area contributed by atoms with Gasteiger partial charge in [0.15, 0.2) is 0 Å². The zero-order valence-electron chi connectivity index (χ0n) is 16.0. The molecule has 26 heavy (non-hydrogen) atoms. The average molecular weight is 355 g/mol. The third-order valence-corrected chi connectivity index (χ3v) is 5.44. The van der Waals surface area contributed by atoms with Crippen LogP contribution >= 0.6 is 0 Å². The predicted molar refractivity (Wildman–Crippen MR) is 107 cm³/mol. The van der Waals surface area contributed by atoms with E-state index in [0.29, 0.717) is 18.0 Å². The number of halogens is 1. The summed E-state index contributed by atoms with van der Waals surface area (Å²) in [4.78, 5) is 0. The van der Waals surface area contributed by atoms with E-state index in [2.05, 4.69) is 48.7 Å². The summed E-state index contributed by atoms with van der Waals surface area (Å²) in [5, 5.41) is 7.39. The Balaban J connectivity index is 1.53. The van der Waals surface area contributed by atoms with E-state index in [0.717, 1.165) is 18.7 Å². The van der Waals surface area contributed by atoms with Gasteiger partial charge in [-0.25, -0.2) is 4.39 Å². The van der Waals surface area contributed by atoms with E-state index < -0.39 is 0 Å². The van der Waals surface area contributed by atoms with Gasteiger partial charge in [0.2, 0.25) is 0 Å². The Morgan fingerprint density at radius 2 is 1.50 bits per heavy atom. The molecule has 1 aliphatic carbocycles. The molecular formula is C23H31FN2. The molecule has 0 saturated heterocycles. The molecule has 3 rings (SSSR count). The number of hydrogen-bond acceptors (Lipinski definition) is 2. The molecule has 2 unspecified atom stereocenters. The first kappa shape index (κ1) is 19.1. The van der Waals surface area contributed by atoms with Gasteiger partial charge < -0.3 is 10.6 Å². The standard InChI is InChI=1S/C23H31FN2/c1-17(2)20-12-10-18(11-13-20)15-25-22-8-3-4-9-23(22)26-16-19-6-5-7-21(24)14-19/h5-7,10-14,17,22-23,25-26H,3-4,8-9,15-16H2,1-2H3. The van der Waals surface area contributed by atoms with Crippen LogP contribution in [-0.4, -0.2) is 12.1 Å². The summed E-state index contributed by atoms with van der Waals surface area (Å²) in [5.74, 6) is 0.416. The van der Waals surface area contributed by atoms with Crippen molar-refractivity contribution in [2.75, 3.05) is 0 Å².